The van der Waals surface area contributed by atoms with E-state index < -0.39 is 0 Å². The van der Waals surface area contributed by atoms with Gasteiger partial charge in [-0.2, -0.15) is 0 Å². The summed E-state index contributed by atoms with van der Waals surface area (Å²) in [4.78, 5) is 14.6. The number of piperidine rings is 1. The van der Waals surface area contributed by atoms with Gasteiger partial charge in [0.05, 0.1) is 11.7 Å². The lowest BCUT2D eigenvalue weighted by atomic mass is 10.1. The molecule has 148 valence electrons. The average Bonchev–Trinajstić information content (AvgIpc) is 3.07. The number of hydrogen-bond donors (Lipinski definition) is 1. The van der Waals surface area contributed by atoms with E-state index in [0.717, 1.165) is 43.7 Å². The minimum absolute atomic E-state index is 0. The molecule has 0 atom stereocenters. The number of nitrogens with zero attached hydrogens (tertiary/aromatic N) is 4. The monoisotopic (exact) mass is 391 g/mol. The van der Waals surface area contributed by atoms with Crippen LogP contribution >= 0.6 is 12.4 Å². The summed E-state index contributed by atoms with van der Waals surface area (Å²) in [7, 11) is 1.80. The van der Waals surface area contributed by atoms with E-state index in [1.165, 1.54) is 18.4 Å². The number of rotatable bonds is 6. The zero-order valence-electron chi connectivity index (χ0n) is 16.4. The highest BCUT2D eigenvalue weighted by molar-refractivity contribution is 6.05. The molecule has 0 saturated carbocycles. The van der Waals surface area contributed by atoms with E-state index >= 15 is 0 Å². The van der Waals surface area contributed by atoms with Gasteiger partial charge >= 0.3 is 0 Å². The summed E-state index contributed by atoms with van der Waals surface area (Å²) in [6.45, 7) is 6.10. The summed E-state index contributed by atoms with van der Waals surface area (Å²) >= 11 is 0. The number of carbonyl (C=O) groups excluding carboxylic acids is 1. The topological polar surface area (TPSA) is 63.1 Å². The van der Waals surface area contributed by atoms with E-state index in [1.807, 2.05) is 23.7 Å². The van der Waals surface area contributed by atoms with Gasteiger partial charge in [-0.05, 0) is 63.4 Å². The van der Waals surface area contributed by atoms with Crippen LogP contribution < -0.4 is 10.2 Å². The van der Waals surface area contributed by atoms with Gasteiger partial charge < -0.3 is 10.2 Å². The number of benzene rings is 1. The summed E-state index contributed by atoms with van der Waals surface area (Å²) < 4.78 is 1.93. The van der Waals surface area contributed by atoms with Crippen LogP contribution in [0.1, 0.15) is 60.4 Å². The first-order chi connectivity index (χ1) is 12.6. The maximum Gasteiger partial charge on any atom is 0.280 e. The molecule has 1 fully saturated rings. The van der Waals surface area contributed by atoms with Crippen molar-refractivity contribution in [2.24, 2.45) is 0 Å². The molecule has 2 aromatic rings. The molecule has 0 radical (unpaired) electrons. The molecule has 1 aliphatic heterocycles. The van der Waals surface area contributed by atoms with Crippen LogP contribution in [0.3, 0.4) is 0 Å². The smallest absolute Gasteiger partial charge is 0.280 e. The number of nitrogens with one attached hydrogen (secondary N) is 1. The van der Waals surface area contributed by atoms with Crippen molar-refractivity contribution in [3.63, 3.8) is 0 Å². The molecule has 3 rings (SSSR count). The highest BCUT2D eigenvalue weighted by atomic mass is 35.5. The molecule has 1 aliphatic rings. The molecule has 1 aromatic heterocycles. The standard InChI is InChI=1S/C20H29N5O.ClH/c1-4-5-6-16-7-9-17(10-8-16)24(3)20(26)19-15(2)25(23-22-19)18-11-13-21-14-12-18;/h7-10,18,21H,4-6,11-14H2,1-3H3;1H. The molecule has 1 saturated heterocycles. The largest absolute Gasteiger partial charge is 0.317 e. The van der Waals surface area contributed by atoms with Gasteiger partial charge in [0.15, 0.2) is 5.69 Å². The fraction of sp³-hybridized carbons (Fsp3) is 0.550. The van der Waals surface area contributed by atoms with E-state index in [2.05, 4.69) is 34.7 Å². The highest BCUT2D eigenvalue weighted by Crippen LogP contribution is 2.22. The van der Waals surface area contributed by atoms with Crippen LogP contribution in [0.4, 0.5) is 5.69 Å². The summed E-state index contributed by atoms with van der Waals surface area (Å²) in [5.74, 6) is -0.107. The second kappa shape index (κ2) is 9.85. The first-order valence-electron chi connectivity index (χ1n) is 9.61. The van der Waals surface area contributed by atoms with Crippen LogP contribution in [-0.2, 0) is 6.42 Å². The predicted octanol–water partition coefficient (Wildman–Crippen LogP) is 3.55. The molecule has 0 bridgehead atoms. The number of anilines is 1. The van der Waals surface area contributed by atoms with Gasteiger partial charge in [-0.1, -0.05) is 30.7 Å². The maximum atomic E-state index is 12.9. The number of halogens is 1. The number of aryl methyl sites for hydroxylation is 1. The lowest BCUT2D eigenvalue weighted by Gasteiger charge is -2.23. The molecule has 1 amide bonds. The van der Waals surface area contributed by atoms with Crippen LogP contribution in [0.15, 0.2) is 24.3 Å². The van der Waals surface area contributed by atoms with Crippen molar-refractivity contribution in [3.8, 4) is 0 Å². The van der Waals surface area contributed by atoms with Gasteiger partial charge in [0.1, 0.15) is 0 Å². The number of amides is 1. The van der Waals surface area contributed by atoms with E-state index in [4.69, 9.17) is 0 Å². The molecular weight excluding hydrogens is 362 g/mol. The number of aromatic nitrogens is 3. The van der Waals surface area contributed by atoms with Gasteiger partial charge in [0.25, 0.3) is 5.91 Å². The quantitative estimate of drug-likeness (QED) is 0.817. The number of unbranched alkanes of at least 4 members (excludes halogenated alkanes) is 1. The van der Waals surface area contributed by atoms with Crippen molar-refractivity contribution in [2.45, 2.75) is 52.0 Å². The van der Waals surface area contributed by atoms with Crippen LogP contribution in [0.2, 0.25) is 0 Å². The van der Waals surface area contributed by atoms with Crippen molar-refractivity contribution in [1.82, 2.24) is 20.3 Å². The molecule has 1 N–H and O–H groups in total. The number of carbonyl (C=O) groups is 1. The third-order valence-electron chi connectivity index (χ3n) is 5.23. The Morgan fingerprint density at radius 3 is 2.56 bits per heavy atom. The normalized spacial score (nSPS) is 14.6. The Bertz CT molecular complexity index is 737. The van der Waals surface area contributed by atoms with Gasteiger partial charge in [0, 0.05) is 12.7 Å². The zero-order chi connectivity index (χ0) is 18.5. The Morgan fingerprint density at radius 2 is 1.93 bits per heavy atom. The van der Waals surface area contributed by atoms with Crippen molar-refractivity contribution in [1.29, 1.82) is 0 Å². The Morgan fingerprint density at radius 1 is 1.26 bits per heavy atom. The van der Waals surface area contributed by atoms with Crippen molar-refractivity contribution >= 4 is 24.0 Å². The third-order valence-corrected chi connectivity index (χ3v) is 5.23. The molecule has 0 unspecified atom stereocenters. The molecule has 6 nitrogen and oxygen atoms in total. The lowest BCUT2D eigenvalue weighted by Crippen LogP contribution is -2.31. The second-order valence-corrected chi connectivity index (χ2v) is 7.08. The van der Waals surface area contributed by atoms with E-state index in [1.54, 1.807) is 11.9 Å². The first kappa shape index (κ1) is 21.4. The van der Waals surface area contributed by atoms with Crippen molar-refractivity contribution in [2.75, 3.05) is 25.0 Å². The summed E-state index contributed by atoms with van der Waals surface area (Å²) in [6, 6.07) is 8.56. The third kappa shape index (κ3) is 4.87. The SMILES string of the molecule is CCCCc1ccc(N(C)C(=O)c2nnn(C3CCNCC3)c2C)cc1.Cl. The molecule has 7 heteroatoms. The fourth-order valence-electron chi connectivity index (χ4n) is 3.48. The van der Waals surface area contributed by atoms with Crippen LogP contribution in [0.5, 0.6) is 0 Å². The first-order valence-corrected chi connectivity index (χ1v) is 9.61. The highest BCUT2D eigenvalue weighted by Gasteiger charge is 2.25. The minimum atomic E-state index is -0.107. The summed E-state index contributed by atoms with van der Waals surface area (Å²) in [6.07, 6.45) is 5.50. The molecular formula is C20H30ClN5O. The Labute approximate surface area is 167 Å². The zero-order valence-corrected chi connectivity index (χ0v) is 17.3. The van der Waals surface area contributed by atoms with Crippen molar-refractivity contribution < 1.29 is 4.79 Å². The van der Waals surface area contributed by atoms with E-state index in [-0.39, 0.29) is 18.3 Å². The molecule has 27 heavy (non-hydrogen) atoms. The summed E-state index contributed by atoms with van der Waals surface area (Å²) in [5.41, 5.74) is 3.49. The van der Waals surface area contributed by atoms with E-state index in [9.17, 15) is 4.79 Å². The van der Waals surface area contributed by atoms with Crippen LogP contribution in [-0.4, -0.2) is 41.0 Å². The van der Waals surface area contributed by atoms with Gasteiger partial charge in [-0.3, -0.25) is 4.79 Å². The van der Waals surface area contributed by atoms with Crippen LogP contribution in [0, 0.1) is 6.92 Å². The molecule has 0 spiro atoms. The van der Waals surface area contributed by atoms with Crippen molar-refractivity contribution in [3.05, 3.63) is 41.2 Å². The van der Waals surface area contributed by atoms with Gasteiger partial charge in [-0.25, -0.2) is 4.68 Å². The van der Waals surface area contributed by atoms with E-state index in [0.29, 0.717) is 11.7 Å². The molecule has 2 heterocycles. The fourth-order valence-corrected chi connectivity index (χ4v) is 3.48. The predicted molar refractivity (Wildman–Crippen MR) is 111 cm³/mol. The average molecular weight is 392 g/mol. The van der Waals surface area contributed by atoms with Crippen LogP contribution in [0.25, 0.3) is 0 Å². The molecule has 0 aliphatic carbocycles. The molecule has 1 aromatic carbocycles. The van der Waals surface area contributed by atoms with Gasteiger partial charge in [-0.15, -0.1) is 17.5 Å². The lowest BCUT2D eigenvalue weighted by molar-refractivity contribution is 0.0987. The number of hydrogen-bond acceptors (Lipinski definition) is 4. The Hall–Kier alpha value is -1.92. The van der Waals surface area contributed by atoms with Gasteiger partial charge in [0.2, 0.25) is 0 Å². The Kier molecular flexibility index (Phi) is 7.80. The second-order valence-electron chi connectivity index (χ2n) is 7.08. The Balaban J connectivity index is 0.00000261. The minimum Gasteiger partial charge on any atom is -0.317 e. The summed E-state index contributed by atoms with van der Waals surface area (Å²) in [5, 5.41) is 11.8. The maximum absolute atomic E-state index is 12.9.